The lowest BCUT2D eigenvalue weighted by atomic mass is 10.0. The summed E-state index contributed by atoms with van der Waals surface area (Å²) in [5.41, 5.74) is 8.40. The molecule has 0 aliphatic carbocycles. The molecule has 124 valence electrons. The van der Waals surface area contributed by atoms with Crippen LogP contribution >= 0.6 is 22.7 Å². The summed E-state index contributed by atoms with van der Waals surface area (Å²) in [5, 5.41) is 14.1. The van der Waals surface area contributed by atoms with Gasteiger partial charge < -0.3 is 11.1 Å². The van der Waals surface area contributed by atoms with Crippen LogP contribution in [0.25, 0.3) is 11.1 Å². The van der Waals surface area contributed by atoms with Gasteiger partial charge in [0.1, 0.15) is 5.01 Å². The molecule has 2 aromatic heterocycles. The number of amides is 1. The standard InChI is InChI=1S/C17H18N4OS2/c1-11-15(12-6-3-2-4-7-12)13(10-23-11)16(22)19-9-5-8-14-20-21-17(18)24-14/h2-4,6-7,10H,5,8-9H2,1H3,(H2,18,21)(H,19,22). The van der Waals surface area contributed by atoms with Crippen LogP contribution in [0.2, 0.25) is 0 Å². The van der Waals surface area contributed by atoms with E-state index in [2.05, 4.69) is 15.5 Å². The summed E-state index contributed by atoms with van der Waals surface area (Å²) >= 11 is 2.99. The summed E-state index contributed by atoms with van der Waals surface area (Å²) in [5.74, 6) is -0.0324. The number of aromatic nitrogens is 2. The van der Waals surface area contributed by atoms with Crippen molar-refractivity contribution in [1.29, 1.82) is 0 Å². The summed E-state index contributed by atoms with van der Waals surface area (Å²) in [6.07, 6.45) is 1.58. The highest BCUT2D eigenvalue weighted by Gasteiger charge is 2.16. The minimum atomic E-state index is -0.0324. The number of nitrogens with two attached hydrogens (primary N) is 1. The van der Waals surface area contributed by atoms with Crippen LogP contribution in [0.4, 0.5) is 5.13 Å². The van der Waals surface area contributed by atoms with Crippen LogP contribution in [-0.2, 0) is 6.42 Å². The molecule has 7 heteroatoms. The van der Waals surface area contributed by atoms with Crippen molar-refractivity contribution in [3.8, 4) is 11.1 Å². The van der Waals surface area contributed by atoms with Crippen LogP contribution < -0.4 is 11.1 Å². The van der Waals surface area contributed by atoms with Gasteiger partial charge in [0, 0.05) is 28.8 Å². The van der Waals surface area contributed by atoms with Crippen LogP contribution in [0.3, 0.4) is 0 Å². The van der Waals surface area contributed by atoms with Crippen molar-refractivity contribution in [3.63, 3.8) is 0 Å². The van der Waals surface area contributed by atoms with Gasteiger partial charge in [0.05, 0.1) is 5.56 Å². The Balaban J connectivity index is 1.61. The van der Waals surface area contributed by atoms with Crippen molar-refractivity contribution >= 4 is 33.7 Å². The lowest BCUT2D eigenvalue weighted by Gasteiger charge is -2.07. The second-order valence-corrected chi connectivity index (χ2v) is 7.52. The predicted octanol–water partition coefficient (Wildman–Crippen LogP) is 3.52. The highest BCUT2D eigenvalue weighted by atomic mass is 32.1. The van der Waals surface area contributed by atoms with Gasteiger partial charge in [-0.15, -0.1) is 21.5 Å². The second kappa shape index (κ2) is 7.55. The Kier molecular flexibility index (Phi) is 5.22. The Bertz CT molecular complexity index is 826. The summed E-state index contributed by atoms with van der Waals surface area (Å²) < 4.78 is 0. The number of anilines is 1. The molecule has 0 atom stereocenters. The summed E-state index contributed by atoms with van der Waals surface area (Å²) in [7, 11) is 0. The normalized spacial score (nSPS) is 10.7. The Morgan fingerprint density at radius 3 is 2.75 bits per heavy atom. The quantitative estimate of drug-likeness (QED) is 0.661. The van der Waals surface area contributed by atoms with E-state index in [0.717, 1.165) is 39.4 Å². The minimum Gasteiger partial charge on any atom is -0.374 e. The van der Waals surface area contributed by atoms with E-state index in [1.165, 1.54) is 11.3 Å². The molecule has 0 spiro atoms. The number of carbonyl (C=O) groups excluding carboxylic acids is 1. The predicted molar refractivity (Wildman–Crippen MR) is 99.5 cm³/mol. The highest BCUT2D eigenvalue weighted by molar-refractivity contribution is 7.15. The molecule has 3 rings (SSSR count). The zero-order valence-electron chi connectivity index (χ0n) is 13.3. The number of nitrogen functional groups attached to an aromatic ring is 1. The maximum Gasteiger partial charge on any atom is 0.252 e. The Morgan fingerprint density at radius 2 is 2.04 bits per heavy atom. The van der Waals surface area contributed by atoms with Crippen LogP contribution in [0.15, 0.2) is 35.7 Å². The van der Waals surface area contributed by atoms with E-state index >= 15 is 0 Å². The van der Waals surface area contributed by atoms with E-state index in [0.29, 0.717) is 11.7 Å². The Morgan fingerprint density at radius 1 is 1.25 bits per heavy atom. The molecule has 0 unspecified atom stereocenters. The molecular weight excluding hydrogens is 340 g/mol. The van der Waals surface area contributed by atoms with E-state index in [-0.39, 0.29) is 5.91 Å². The third-order valence-electron chi connectivity index (χ3n) is 3.62. The van der Waals surface area contributed by atoms with E-state index in [4.69, 9.17) is 5.73 Å². The maximum atomic E-state index is 12.5. The van der Waals surface area contributed by atoms with E-state index < -0.39 is 0 Å². The zero-order chi connectivity index (χ0) is 16.9. The summed E-state index contributed by atoms with van der Waals surface area (Å²) in [6, 6.07) is 10.0. The van der Waals surface area contributed by atoms with Crippen molar-refractivity contribution in [2.24, 2.45) is 0 Å². The average molecular weight is 358 g/mol. The van der Waals surface area contributed by atoms with Crippen LogP contribution in [0.5, 0.6) is 0 Å². The van der Waals surface area contributed by atoms with Crippen molar-refractivity contribution in [2.45, 2.75) is 19.8 Å². The SMILES string of the molecule is Cc1scc(C(=O)NCCCc2nnc(N)s2)c1-c1ccccc1. The average Bonchev–Trinajstić information content (AvgIpc) is 3.18. The molecule has 24 heavy (non-hydrogen) atoms. The van der Waals surface area contributed by atoms with Crippen molar-refractivity contribution in [2.75, 3.05) is 12.3 Å². The number of nitrogens with zero attached hydrogens (tertiary/aromatic N) is 2. The Labute approximate surface area is 148 Å². The molecule has 0 saturated carbocycles. The van der Waals surface area contributed by atoms with Gasteiger partial charge in [-0.25, -0.2) is 0 Å². The summed E-state index contributed by atoms with van der Waals surface area (Å²) in [4.78, 5) is 13.7. The molecule has 0 saturated heterocycles. The number of aryl methyl sites for hydroxylation is 2. The topological polar surface area (TPSA) is 80.9 Å². The molecule has 0 radical (unpaired) electrons. The van der Waals surface area contributed by atoms with Gasteiger partial charge >= 0.3 is 0 Å². The number of benzene rings is 1. The minimum absolute atomic E-state index is 0.0324. The van der Waals surface area contributed by atoms with Crippen LogP contribution in [0, 0.1) is 6.92 Å². The van der Waals surface area contributed by atoms with E-state index in [9.17, 15) is 4.79 Å². The van der Waals surface area contributed by atoms with Crippen LogP contribution in [-0.4, -0.2) is 22.6 Å². The Hall–Kier alpha value is -2.25. The van der Waals surface area contributed by atoms with E-state index in [1.54, 1.807) is 11.3 Å². The molecular formula is C17H18N4OS2. The highest BCUT2D eigenvalue weighted by Crippen LogP contribution is 2.32. The number of nitrogens with one attached hydrogen (secondary N) is 1. The molecule has 0 fully saturated rings. The fourth-order valence-corrected chi connectivity index (χ4v) is 4.01. The first-order valence-electron chi connectivity index (χ1n) is 7.64. The largest absolute Gasteiger partial charge is 0.374 e. The first-order valence-corrected chi connectivity index (χ1v) is 9.34. The van der Waals surface area contributed by atoms with Gasteiger partial charge in [-0.1, -0.05) is 41.7 Å². The number of hydrogen-bond donors (Lipinski definition) is 2. The fraction of sp³-hybridized carbons (Fsp3) is 0.235. The lowest BCUT2D eigenvalue weighted by molar-refractivity contribution is 0.0954. The molecule has 3 aromatic rings. The first-order chi connectivity index (χ1) is 11.6. The number of hydrogen-bond acceptors (Lipinski definition) is 6. The maximum absolute atomic E-state index is 12.5. The van der Waals surface area contributed by atoms with Crippen molar-refractivity contribution < 1.29 is 4.79 Å². The van der Waals surface area contributed by atoms with Gasteiger partial charge in [-0.2, -0.15) is 0 Å². The first kappa shape index (κ1) is 16.6. The van der Waals surface area contributed by atoms with Crippen LogP contribution in [0.1, 0.15) is 26.7 Å². The number of carbonyl (C=O) groups is 1. The molecule has 0 aliphatic rings. The summed E-state index contributed by atoms with van der Waals surface area (Å²) in [6.45, 7) is 2.64. The fourth-order valence-electron chi connectivity index (χ4n) is 2.49. The third-order valence-corrected chi connectivity index (χ3v) is 5.34. The monoisotopic (exact) mass is 358 g/mol. The van der Waals surface area contributed by atoms with Crippen molar-refractivity contribution in [3.05, 3.63) is 51.2 Å². The smallest absolute Gasteiger partial charge is 0.252 e. The molecule has 1 amide bonds. The van der Waals surface area contributed by atoms with Gasteiger partial charge in [-0.3, -0.25) is 4.79 Å². The molecule has 0 bridgehead atoms. The van der Waals surface area contributed by atoms with Crippen molar-refractivity contribution in [1.82, 2.24) is 15.5 Å². The lowest BCUT2D eigenvalue weighted by Crippen LogP contribution is -2.24. The molecule has 2 heterocycles. The third kappa shape index (κ3) is 3.80. The molecule has 0 aliphatic heterocycles. The van der Waals surface area contributed by atoms with Gasteiger partial charge in [0.2, 0.25) is 5.13 Å². The number of rotatable bonds is 6. The van der Waals surface area contributed by atoms with Gasteiger partial charge in [0.25, 0.3) is 5.91 Å². The molecule has 1 aromatic carbocycles. The second-order valence-electron chi connectivity index (χ2n) is 5.34. The zero-order valence-corrected chi connectivity index (χ0v) is 14.9. The molecule has 3 N–H and O–H groups in total. The molecule has 5 nitrogen and oxygen atoms in total. The van der Waals surface area contributed by atoms with Gasteiger partial charge in [0.15, 0.2) is 0 Å². The van der Waals surface area contributed by atoms with E-state index in [1.807, 2.05) is 42.6 Å². The van der Waals surface area contributed by atoms with Gasteiger partial charge in [-0.05, 0) is 18.9 Å². The number of thiophene rings is 1.